The van der Waals surface area contributed by atoms with Crippen molar-refractivity contribution in [1.29, 1.82) is 0 Å². The Balaban J connectivity index is 1.55. The monoisotopic (exact) mass is 504 g/mol. The van der Waals surface area contributed by atoms with E-state index in [4.69, 9.17) is 18.9 Å². The molecule has 3 aliphatic rings. The molecule has 11 heteroatoms. The van der Waals surface area contributed by atoms with Gasteiger partial charge < -0.3 is 49.6 Å². The van der Waals surface area contributed by atoms with Crippen molar-refractivity contribution >= 4 is 5.78 Å². The second-order valence-electron chi connectivity index (χ2n) is 10.7. The summed E-state index contributed by atoms with van der Waals surface area (Å²) in [6.07, 6.45) is -9.21. The van der Waals surface area contributed by atoms with E-state index in [0.29, 0.717) is 12.8 Å². The second-order valence-corrected chi connectivity index (χ2v) is 10.7. The average molecular weight is 505 g/mol. The Hall–Kier alpha value is -0.990. The molecule has 0 saturated carbocycles. The molecule has 0 aromatic heterocycles. The second kappa shape index (κ2) is 11.6. The molecule has 3 rings (SSSR count). The quantitative estimate of drug-likeness (QED) is 0.239. The van der Waals surface area contributed by atoms with Crippen LogP contribution in [0.25, 0.3) is 0 Å². The van der Waals surface area contributed by atoms with E-state index < -0.39 is 55.3 Å². The van der Waals surface area contributed by atoms with Gasteiger partial charge in [0.05, 0.1) is 19.3 Å². The summed E-state index contributed by atoms with van der Waals surface area (Å²) in [6.45, 7) is 7.33. The van der Waals surface area contributed by atoms with Crippen LogP contribution in [-0.2, 0) is 23.7 Å². The molecule has 11 nitrogen and oxygen atoms in total. The number of aliphatic hydroxyl groups excluding tert-OH is 6. The van der Waals surface area contributed by atoms with Crippen molar-refractivity contribution in [2.45, 2.75) is 108 Å². The van der Waals surface area contributed by atoms with Gasteiger partial charge in [-0.15, -0.1) is 0 Å². The van der Waals surface area contributed by atoms with Crippen molar-refractivity contribution in [1.82, 2.24) is 0 Å². The highest BCUT2D eigenvalue weighted by Crippen LogP contribution is 2.42. The molecule has 1 aliphatic carbocycles. The van der Waals surface area contributed by atoms with E-state index in [1.54, 1.807) is 6.08 Å². The highest BCUT2D eigenvalue weighted by Gasteiger charge is 2.46. The summed E-state index contributed by atoms with van der Waals surface area (Å²) in [5, 5.41) is 60.4. The van der Waals surface area contributed by atoms with Gasteiger partial charge in [-0.1, -0.05) is 19.4 Å². The average Bonchev–Trinajstić information content (AvgIpc) is 2.76. The maximum absolute atomic E-state index is 11.9. The molecule has 0 radical (unpaired) electrons. The Morgan fingerprint density at radius 1 is 1.03 bits per heavy atom. The molecule has 35 heavy (non-hydrogen) atoms. The van der Waals surface area contributed by atoms with Crippen LogP contribution in [0.4, 0.5) is 0 Å². The zero-order chi connectivity index (χ0) is 26.1. The Labute approximate surface area is 205 Å². The van der Waals surface area contributed by atoms with Crippen LogP contribution in [-0.4, -0.2) is 111 Å². The normalized spacial score (nSPS) is 43.0. The summed E-state index contributed by atoms with van der Waals surface area (Å²) in [5.41, 5.74) is 0.863. The van der Waals surface area contributed by atoms with E-state index >= 15 is 0 Å². The van der Waals surface area contributed by atoms with E-state index in [2.05, 4.69) is 13.8 Å². The molecular formula is C24H40O11. The zero-order valence-corrected chi connectivity index (χ0v) is 20.7. The van der Waals surface area contributed by atoms with Gasteiger partial charge in [0.1, 0.15) is 42.7 Å². The van der Waals surface area contributed by atoms with Crippen molar-refractivity contribution in [2.24, 2.45) is 11.3 Å². The van der Waals surface area contributed by atoms with E-state index in [-0.39, 0.29) is 36.4 Å². The topological polar surface area (TPSA) is 175 Å². The van der Waals surface area contributed by atoms with E-state index in [0.717, 1.165) is 12.0 Å². The van der Waals surface area contributed by atoms with E-state index in [1.807, 2.05) is 13.8 Å². The molecule has 6 N–H and O–H groups in total. The Bertz CT molecular complexity index is 756. The molecular weight excluding hydrogens is 464 g/mol. The first-order chi connectivity index (χ1) is 16.3. The summed E-state index contributed by atoms with van der Waals surface area (Å²) in [7, 11) is 0. The van der Waals surface area contributed by atoms with Gasteiger partial charge in [0.25, 0.3) is 0 Å². The number of carbonyl (C=O) groups is 1. The fourth-order valence-electron chi connectivity index (χ4n) is 5.19. The molecule has 0 bridgehead atoms. The Morgan fingerprint density at radius 3 is 2.34 bits per heavy atom. The fraction of sp³-hybridized carbons (Fsp3) is 0.875. The third-order valence-corrected chi connectivity index (χ3v) is 7.29. The Kier molecular flexibility index (Phi) is 9.47. The lowest BCUT2D eigenvalue weighted by Gasteiger charge is -2.42. The standard InChI is InChI=1S/C24H40O11/c1-11-7-13(25)8-24(3,4)14(11)6-5-12(2)34-23-21(31)19(29)18(28)16(35-23)10-33-22-20(30)17(27)15(26)9-32-22/h7,12,14-23,26-31H,5-6,8-10H2,1-4H3/t12-,14+,15+,16+,17-,18+,19-,20+,21+,22-,23+/m0/s1. The first kappa shape index (κ1) is 28.6. The highest BCUT2D eigenvalue weighted by atomic mass is 16.7. The maximum atomic E-state index is 11.9. The van der Waals surface area contributed by atoms with Gasteiger partial charge in [-0.25, -0.2) is 0 Å². The van der Waals surface area contributed by atoms with Crippen LogP contribution in [0.3, 0.4) is 0 Å². The number of ketones is 1. The third kappa shape index (κ3) is 6.67. The lowest BCUT2D eigenvalue weighted by molar-refractivity contribution is -0.327. The first-order valence-corrected chi connectivity index (χ1v) is 12.2. The van der Waals surface area contributed by atoms with Crippen LogP contribution in [0.15, 0.2) is 11.6 Å². The summed E-state index contributed by atoms with van der Waals surface area (Å²) in [4.78, 5) is 11.9. The SMILES string of the molecule is CC1=CC(=O)CC(C)(C)[C@@H]1CC[C@H](C)O[C@@H]1O[C@H](CO[C@@H]2OC[C@@H](O)[C@H](O)[C@H]2O)[C@@H](O)[C@H](O)[C@H]1O. The predicted octanol–water partition coefficient (Wildman–Crippen LogP) is -1.00. The van der Waals surface area contributed by atoms with Gasteiger partial charge in [-0.05, 0) is 44.1 Å². The van der Waals surface area contributed by atoms with E-state index in [1.165, 1.54) is 0 Å². The van der Waals surface area contributed by atoms with Crippen molar-refractivity contribution in [3.63, 3.8) is 0 Å². The lowest BCUT2D eigenvalue weighted by atomic mass is 9.66. The molecule has 2 saturated heterocycles. The molecule has 11 atom stereocenters. The molecule has 0 spiro atoms. The van der Waals surface area contributed by atoms with Gasteiger partial charge in [-0.3, -0.25) is 4.79 Å². The van der Waals surface area contributed by atoms with Gasteiger partial charge >= 0.3 is 0 Å². The summed E-state index contributed by atoms with van der Waals surface area (Å²) >= 11 is 0. The highest BCUT2D eigenvalue weighted by molar-refractivity contribution is 5.91. The van der Waals surface area contributed by atoms with Crippen LogP contribution >= 0.6 is 0 Å². The number of carbonyl (C=O) groups excluding carboxylic acids is 1. The number of hydrogen-bond donors (Lipinski definition) is 6. The number of ether oxygens (including phenoxy) is 4. The molecule has 2 aliphatic heterocycles. The van der Waals surface area contributed by atoms with Crippen LogP contribution in [0.5, 0.6) is 0 Å². The smallest absolute Gasteiger partial charge is 0.186 e. The largest absolute Gasteiger partial charge is 0.388 e. The molecule has 2 fully saturated rings. The number of rotatable bonds is 8. The van der Waals surface area contributed by atoms with Gasteiger partial charge in [0.15, 0.2) is 18.4 Å². The zero-order valence-electron chi connectivity index (χ0n) is 20.7. The predicted molar refractivity (Wildman–Crippen MR) is 121 cm³/mol. The van der Waals surface area contributed by atoms with Crippen molar-refractivity contribution in [2.75, 3.05) is 13.2 Å². The molecule has 2 heterocycles. The van der Waals surface area contributed by atoms with Crippen molar-refractivity contribution in [3.8, 4) is 0 Å². The van der Waals surface area contributed by atoms with Gasteiger partial charge in [0.2, 0.25) is 0 Å². The molecule has 0 aromatic carbocycles. The molecule has 0 unspecified atom stereocenters. The van der Waals surface area contributed by atoms with Crippen molar-refractivity contribution in [3.05, 3.63) is 11.6 Å². The van der Waals surface area contributed by atoms with Crippen LogP contribution in [0, 0.1) is 11.3 Å². The lowest BCUT2D eigenvalue weighted by Crippen LogP contribution is -2.60. The minimum absolute atomic E-state index is 0.129. The fourth-order valence-corrected chi connectivity index (χ4v) is 5.19. The molecule has 0 amide bonds. The van der Waals surface area contributed by atoms with Crippen LogP contribution < -0.4 is 0 Å². The van der Waals surface area contributed by atoms with Crippen LogP contribution in [0.2, 0.25) is 0 Å². The minimum Gasteiger partial charge on any atom is -0.388 e. The van der Waals surface area contributed by atoms with Gasteiger partial charge in [0, 0.05) is 6.42 Å². The maximum Gasteiger partial charge on any atom is 0.186 e. The molecule has 202 valence electrons. The van der Waals surface area contributed by atoms with Gasteiger partial charge in [-0.2, -0.15) is 0 Å². The number of allylic oxidation sites excluding steroid dienone is 2. The van der Waals surface area contributed by atoms with Crippen LogP contribution in [0.1, 0.15) is 47.0 Å². The summed E-state index contributed by atoms with van der Waals surface area (Å²) in [6, 6.07) is 0. The summed E-state index contributed by atoms with van der Waals surface area (Å²) < 4.78 is 22.1. The third-order valence-electron chi connectivity index (χ3n) is 7.29. The number of hydrogen-bond acceptors (Lipinski definition) is 11. The first-order valence-electron chi connectivity index (χ1n) is 12.2. The minimum atomic E-state index is -1.56. The molecule has 0 aromatic rings. The van der Waals surface area contributed by atoms with E-state index in [9.17, 15) is 35.4 Å². The summed E-state index contributed by atoms with van der Waals surface area (Å²) in [5.74, 6) is 0.331. The number of aliphatic hydroxyl groups is 6. The Morgan fingerprint density at radius 2 is 1.69 bits per heavy atom. The van der Waals surface area contributed by atoms with Crippen molar-refractivity contribution < 1.29 is 54.4 Å².